The van der Waals surface area contributed by atoms with E-state index >= 15 is 0 Å². The number of aromatic nitrogens is 3. The Kier molecular flexibility index (Phi) is 2.69. The number of halogens is 2. The van der Waals surface area contributed by atoms with Crippen LogP contribution in [0.15, 0.2) is 29.0 Å². The third-order valence-corrected chi connectivity index (χ3v) is 3.14. The lowest BCUT2D eigenvalue weighted by Gasteiger charge is -2.01. The third kappa shape index (κ3) is 1.85. The number of carboxylic acids is 1. The van der Waals surface area contributed by atoms with Gasteiger partial charge in [-0.1, -0.05) is 11.6 Å². The predicted octanol–water partition coefficient (Wildman–Crippen LogP) is 2.99. The Morgan fingerprint density at radius 1 is 1.37 bits per heavy atom. The van der Waals surface area contributed by atoms with Crippen LogP contribution in [-0.4, -0.2) is 25.7 Å². The van der Waals surface area contributed by atoms with E-state index in [4.69, 9.17) is 32.7 Å². The number of furan rings is 1. The number of carbonyl (C=O) groups is 1. The highest BCUT2D eigenvalue weighted by Crippen LogP contribution is 2.29. The minimum Gasteiger partial charge on any atom is -0.478 e. The molecule has 3 aromatic rings. The summed E-state index contributed by atoms with van der Waals surface area (Å²) in [5.74, 6) is -0.736. The maximum Gasteiger partial charge on any atom is 0.337 e. The van der Waals surface area contributed by atoms with Crippen LogP contribution in [0, 0.1) is 0 Å². The van der Waals surface area contributed by atoms with Gasteiger partial charge in [0, 0.05) is 6.20 Å². The first-order valence-electron chi connectivity index (χ1n) is 5.09. The van der Waals surface area contributed by atoms with Crippen molar-refractivity contribution in [1.82, 2.24) is 14.6 Å². The molecule has 6 nitrogen and oxygen atoms in total. The van der Waals surface area contributed by atoms with E-state index in [1.54, 1.807) is 6.07 Å². The zero-order valence-electron chi connectivity index (χ0n) is 9.17. The topological polar surface area (TPSA) is 80.6 Å². The molecule has 0 unspecified atom stereocenters. The average Bonchev–Trinajstić information content (AvgIpc) is 2.94. The molecule has 0 saturated heterocycles. The average molecular weight is 298 g/mol. The Morgan fingerprint density at radius 3 is 2.79 bits per heavy atom. The summed E-state index contributed by atoms with van der Waals surface area (Å²) < 4.78 is 6.44. The molecule has 8 heteroatoms. The first kappa shape index (κ1) is 12.0. The maximum absolute atomic E-state index is 11.0. The molecule has 0 aromatic carbocycles. The lowest BCUT2D eigenvalue weighted by molar-refractivity contribution is 0.0696. The maximum atomic E-state index is 11.0. The van der Waals surface area contributed by atoms with Gasteiger partial charge in [-0.15, -0.1) is 10.2 Å². The van der Waals surface area contributed by atoms with Gasteiger partial charge in [-0.2, -0.15) is 0 Å². The Hall–Kier alpha value is -2.05. The number of pyridine rings is 1. The van der Waals surface area contributed by atoms with Crippen LogP contribution in [0.5, 0.6) is 0 Å². The quantitative estimate of drug-likeness (QED) is 0.786. The van der Waals surface area contributed by atoms with Crippen LogP contribution in [0.3, 0.4) is 0 Å². The summed E-state index contributed by atoms with van der Waals surface area (Å²) in [6.07, 6.45) is 2.78. The summed E-state index contributed by atoms with van der Waals surface area (Å²) in [6, 6.07) is 2.93. The summed E-state index contributed by atoms with van der Waals surface area (Å²) in [6.45, 7) is 0. The summed E-state index contributed by atoms with van der Waals surface area (Å²) in [4.78, 5) is 11.0. The second kappa shape index (κ2) is 4.25. The fourth-order valence-corrected chi connectivity index (χ4v) is 2.15. The molecule has 0 atom stereocenters. The molecule has 0 fully saturated rings. The minimum atomic E-state index is -1.10. The fourth-order valence-electron chi connectivity index (χ4n) is 1.71. The SMILES string of the molecule is O=C(O)c1cc(Cl)c2nnc(-c3ccoc3Cl)n2c1. The highest BCUT2D eigenvalue weighted by Gasteiger charge is 2.17. The van der Waals surface area contributed by atoms with E-state index in [2.05, 4.69) is 10.2 Å². The number of nitrogens with zero attached hydrogens (tertiary/aromatic N) is 3. The molecule has 3 aromatic heterocycles. The van der Waals surface area contributed by atoms with E-state index in [0.29, 0.717) is 17.0 Å². The Bertz CT molecular complexity index is 794. The van der Waals surface area contributed by atoms with Crippen LogP contribution < -0.4 is 0 Å². The molecule has 0 aliphatic heterocycles. The standard InChI is InChI=1S/C11H5Cl2N3O3/c12-7-3-5(11(17)18)4-16-9(14-15-10(7)16)6-1-2-19-8(6)13/h1-4H,(H,17,18). The second-order valence-electron chi connectivity index (χ2n) is 3.71. The zero-order chi connectivity index (χ0) is 13.6. The summed E-state index contributed by atoms with van der Waals surface area (Å²) in [5, 5.41) is 17.2. The summed E-state index contributed by atoms with van der Waals surface area (Å²) in [5.41, 5.74) is 0.880. The summed E-state index contributed by atoms with van der Waals surface area (Å²) in [7, 11) is 0. The van der Waals surface area contributed by atoms with Gasteiger partial charge in [-0.3, -0.25) is 4.40 Å². The van der Waals surface area contributed by atoms with Gasteiger partial charge in [0.2, 0.25) is 5.22 Å². The molecule has 0 spiro atoms. The van der Waals surface area contributed by atoms with Crippen molar-refractivity contribution >= 4 is 34.8 Å². The third-order valence-electron chi connectivity index (χ3n) is 2.57. The number of hydrogen-bond acceptors (Lipinski definition) is 4. The minimum absolute atomic E-state index is 0.0261. The molecule has 0 bridgehead atoms. The van der Waals surface area contributed by atoms with Gasteiger partial charge in [-0.05, 0) is 23.7 Å². The zero-order valence-corrected chi connectivity index (χ0v) is 10.7. The number of hydrogen-bond donors (Lipinski definition) is 1. The van der Waals surface area contributed by atoms with Crippen molar-refractivity contribution in [2.24, 2.45) is 0 Å². The van der Waals surface area contributed by atoms with Crippen molar-refractivity contribution < 1.29 is 14.3 Å². The van der Waals surface area contributed by atoms with Crippen LogP contribution in [0.4, 0.5) is 0 Å². The van der Waals surface area contributed by atoms with Gasteiger partial charge in [0.05, 0.1) is 22.4 Å². The molecule has 0 radical (unpaired) electrons. The van der Waals surface area contributed by atoms with Crippen LogP contribution in [0.1, 0.15) is 10.4 Å². The van der Waals surface area contributed by atoms with E-state index in [0.717, 1.165) is 0 Å². The Morgan fingerprint density at radius 2 is 2.16 bits per heavy atom. The highest BCUT2D eigenvalue weighted by atomic mass is 35.5. The predicted molar refractivity (Wildman–Crippen MR) is 67.7 cm³/mol. The van der Waals surface area contributed by atoms with E-state index in [-0.39, 0.29) is 15.8 Å². The van der Waals surface area contributed by atoms with E-state index in [1.807, 2.05) is 0 Å². The first-order chi connectivity index (χ1) is 9.08. The van der Waals surface area contributed by atoms with Crippen LogP contribution >= 0.6 is 23.2 Å². The van der Waals surface area contributed by atoms with Crippen molar-refractivity contribution in [2.45, 2.75) is 0 Å². The molecule has 1 N–H and O–H groups in total. The number of fused-ring (bicyclic) bond motifs is 1. The van der Waals surface area contributed by atoms with Gasteiger partial charge in [0.1, 0.15) is 0 Å². The number of carboxylic acid groups (broad SMARTS) is 1. The van der Waals surface area contributed by atoms with Gasteiger partial charge in [0.15, 0.2) is 11.5 Å². The molecular formula is C11H5Cl2N3O3. The summed E-state index contributed by atoms with van der Waals surface area (Å²) >= 11 is 11.9. The lowest BCUT2D eigenvalue weighted by atomic mass is 10.2. The van der Waals surface area contributed by atoms with E-state index in [9.17, 15) is 4.79 Å². The second-order valence-corrected chi connectivity index (χ2v) is 4.46. The monoisotopic (exact) mass is 297 g/mol. The van der Waals surface area contributed by atoms with Crippen LogP contribution in [0.25, 0.3) is 17.0 Å². The van der Waals surface area contributed by atoms with Gasteiger partial charge >= 0.3 is 5.97 Å². The van der Waals surface area contributed by atoms with E-state index in [1.165, 1.54) is 22.9 Å². The van der Waals surface area contributed by atoms with Crippen molar-refractivity contribution in [1.29, 1.82) is 0 Å². The lowest BCUT2D eigenvalue weighted by Crippen LogP contribution is -2.00. The molecular weight excluding hydrogens is 293 g/mol. The van der Waals surface area contributed by atoms with Crippen molar-refractivity contribution in [3.8, 4) is 11.4 Å². The van der Waals surface area contributed by atoms with Crippen LogP contribution in [-0.2, 0) is 0 Å². The Labute approximate surface area is 116 Å². The van der Waals surface area contributed by atoms with Crippen LogP contribution in [0.2, 0.25) is 10.2 Å². The molecule has 3 heterocycles. The molecule has 0 amide bonds. The number of aromatic carboxylic acids is 1. The molecule has 19 heavy (non-hydrogen) atoms. The first-order valence-corrected chi connectivity index (χ1v) is 5.84. The normalized spacial score (nSPS) is 11.1. The molecule has 0 aliphatic carbocycles. The van der Waals surface area contributed by atoms with Gasteiger partial charge in [-0.25, -0.2) is 4.79 Å². The largest absolute Gasteiger partial charge is 0.478 e. The van der Waals surface area contributed by atoms with Gasteiger partial charge in [0.25, 0.3) is 0 Å². The van der Waals surface area contributed by atoms with Crippen molar-refractivity contribution in [3.05, 3.63) is 40.4 Å². The van der Waals surface area contributed by atoms with Gasteiger partial charge < -0.3 is 9.52 Å². The Balaban J connectivity index is 2.33. The molecule has 0 aliphatic rings. The molecule has 0 saturated carbocycles. The number of rotatable bonds is 2. The molecule has 3 rings (SSSR count). The molecule has 96 valence electrons. The van der Waals surface area contributed by atoms with Crippen molar-refractivity contribution in [2.75, 3.05) is 0 Å². The highest BCUT2D eigenvalue weighted by molar-refractivity contribution is 6.34. The van der Waals surface area contributed by atoms with E-state index < -0.39 is 5.97 Å². The van der Waals surface area contributed by atoms with Crippen molar-refractivity contribution in [3.63, 3.8) is 0 Å². The smallest absolute Gasteiger partial charge is 0.337 e. The fraction of sp³-hybridized carbons (Fsp3) is 0.